The highest BCUT2D eigenvalue weighted by Gasteiger charge is 2.33. The first-order chi connectivity index (χ1) is 15.3. The van der Waals surface area contributed by atoms with Crippen LogP contribution < -0.4 is 4.80 Å². The molecule has 0 aliphatic carbocycles. The Bertz CT molecular complexity index is 1320. The van der Waals surface area contributed by atoms with Gasteiger partial charge in [-0.1, -0.05) is 23.5 Å². The Hall–Kier alpha value is -2.34. The van der Waals surface area contributed by atoms with E-state index in [9.17, 15) is 18.0 Å². The van der Waals surface area contributed by atoms with Gasteiger partial charge in [0.2, 0.25) is 0 Å². The molecule has 1 aliphatic rings. The number of carbonyl (C=O) groups excluding carboxylic acids is 2. The molecular formula is C21H23N3O5S3. The molecule has 0 saturated carbocycles. The Morgan fingerprint density at radius 3 is 2.81 bits per heavy atom. The number of methoxy groups -OCH3 is 1. The fourth-order valence-electron chi connectivity index (χ4n) is 3.70. The number of thiazole rings is 1. The summed E-state index contributed by atoms with van der Waals surface area (Å²) in [6, 6.07) is 9.08. The van der Waals surface area contributed by atoms with Gasteiger partial charge in [0, 0.05) is 13.1 Å². The monoisotopic (exact) mass is 493 g/mol. The molecule has 0 N–H and O–H groups in total. The van der Waals surface area contributed by atoms with Gasteiger partial charge in [-0.15, -0.1) is 11.3 Å². The van der Waals surface area contributed by atoms with Gasteiger partial charge in [-0.05, 0) is 48.9 Å². The number of hydrogen-bond acceptors (Lipinski definition) is 7. The molecule has 3 heterocycles. The molecule has 1 aromatic carbocycles. The molecule has 11 heteroatoms. The lowest BCUT2D eigenvalue weighted by atomic mass is 9.99. The molecule has 8 nitrogen and oxygen atoms in total. The van der Waals surface area contributed by atoms with Crippen LogP contribution in [0.3, 0.4) is 0 Å². The number of fused-ring (bicyclic) bond motifs is 1. The zero-order valence-corrected chi connectivity index (χ0v) is 20.1. The fraction of sp³-hybridized carbons (Fsp3) is 0.381. The van der Waals surface area contributed by atoms with Gasteiger partial charge < -0.3 is 9.30 Å². The average molecular weight is 494 g/mol. The third-order valence-electron chi connectivity index (χ3n) is 5.38. The molecule has 2 aromatic heterocycles. The predicted octanol–water partition coefficient (Wildman–Crippen LogP) is 2.77. The zero-order chi connectivity index (χ0) is 22.9. The normalized spacial score (nSPS) is 18.2. The zero-order valence-electron chi connectivity index (χ0n) is 17.7. The summed E-state index contributed by atoms with van der Waals surface area (Å²) < 4.78 is 34.8. The number of aryl methyl sites for hydroxylation is 1. The Balaban J connectivity index is 1.65. The summed E-state index contributed by atoms with van der Waals surface area (Å²) in [5.74, 6) is -1.35. The lowest BCUT2D eigenvalue weighted by Gasteiger charge is -2.29. The van der Waals surface area contributed by atoms with E-state index in [1.54, 1.807) is 22.1 Å². The minimum absolute atomic E-state index is 0.0603. The molecule has 0 bridgehead atoms. The van der Waals surface area contributed by atoms with Crippen molar-refractivity contribution in [1.82, 2.24) is 8.87 Å². The summed E-state index contributed by atoms with van der Waals surface area (Å²) in [5, 5.41) is 1.72. The largest absolute Gasteiger partial charge is 0.468 e. The Morgan fingerprint density at radius 1 is 1.28 bits per heavy atom. The highest BCUT2D eigenvalue weighted by Crippen LogP contribution is 2.27. The quantitative estimate of drug-likeness (QED) is 0.509. The molecule has 1 fully saturated rings. The first-order valence-corrected chi connectivity index (χ1v) is 13.2. The number of rotatable bonds is 5. The molecule has 1 saturated heterocycles. The van der Waals surface area contributed by atoms with E-state index in [4.69, 9.17) is 4.74 Å². The summed E-state index contributed by atoms with van der Waals surface area (Å²) in [6.45, 7) is 2.39. The highest BCUT2D eigenvalue weighted by molar-refractivity contribution is 7.91. The van der Waals surface area contributed by atoms with Crippen molar-refractivity contribution in [2.45, 2.75) is 30.5 Å². The van der Waals surface area contributed by atoms with Crippen LogP contribution in [0.5, 0.6) is 0 Å². The number of sulfonamides is 1. The van der Waals surface area contributed by atoms with Gasteiger partial charge in [0.1, 0.15) is 10.8 Å². The van der Waals surface area contributed by atoms with E-state index in [1.807, 2.05) is 25.1 Å². The maximum Gasteiger partial charge on any atom is 0.325 e. The Kier molecular flexibility index (Phi) is 6.61. The van der Waals surface area contributed by atoms with Crippen molar-refractivity contribution in [3.05, 3.63) is 46.1 Å². The van der Waals surface area contributed by atoms with Crippen LogP contribution in [0.4, 0.5) is 0 Å². The van der Waals surface area contributed by atoms with Crippen molar-refractivity contribution in [3.8, 4) is 0 Å². The maximum absolute atomic E-state index is 13.1. The standard InChI is InChI=1S/C21H23N3O5S3/c1-14-7-8-16-17(11-14)31-21(24(16)13-18(25)29-2)22-20(26)15-5-3-9-23(12-15)32(27,28)19-6-4-10-30-19/h4,6-8,10-11,15H,3,5,9,12-13H2,1-2H3. The summed E-state index contributed by atoms with van der Waals surface area (Å²) in [5.41, 5.74) is 1.85. The van der Waals surface area contributed by atoms with Crippen LogP contribution in [0.25, 0.3) is 10.2 Å². The smallest absolute Gasteiger partial charge is 0.325 e. The first kappa shape index (κ1) is 22.8. The fourth-order valence-corrected chi connectivity index (χ4v) is 7.50. The molecule has 0 radical (unpaired) electrons. The third-order valence-corrected chi connectivity index (χ3v) is 9.66. The molecule has 1 atom stereocenters. The molecule has 170 valence electrons. The minimum Gasteiger partial charge on any atom is -0.468 e. The number of aromatic nitrogens is 1. The van der Waals surface area contributed by atoms with Gasteiger partial charge in [0.15, 0.2) is 4.80 Å². The summed E-state index contributed by atoms with van der Waals surface area (Å²) in [6.07, 6.45) is 1.16. The number of hydrogen-bond donors (Lipinski definition) is 0. The van der Waals surface area contributed by atoms with Gasteiger partial charge in [-0.2, -0.15) is 9.30 Å². The van der Waals surface area contributed by atoms with Crippen LogP contribution >= 0.6 is 22.7 Å². The number of amides is 1. The molecule has 1 aliphatic heterocycles. The number of nitrogens with zero attached hydrogens (tertiary/aromatic N) is 3. The van der Waals surface area contributed by atoms with E-state index < -0.39 is 21.9 Å². The third kappa shape index (κ3) is 4.56. The summed E-state index contributed by atoms with van der Waals surface area (Å²) in [4.78, 5) is 29.8. The van der Waals surface area contributed by atoms with Crippen molar-refractivity contribution in [3.63, 3.8) is 0 Å². The molecule has 32 heavy (non-hydrogen) atoms. The molecule has 4 rings (SSSR count). The van der Waals surface area contributed by atoms with Gasteiger partial charge >= 0.3 is 5.97 Å². The second-order valence-corrected chi connectivity index (χ2v) is 11.7. The van der Waals surface area contributed by atoms with Crippen molar-refractivity contribution in [2.75, 3.05) is 20.2 Å². The number of piperidine rings is 1. The van der Waals surface area contributed by atoms with Crippen molar-refractivity contribution in [1.29, 1.82) is 0 Å². The van der Waals surface area contributed by atoms with Gasteiger partial charge in [0.05, 0.1) is 23.2 Å². The number of carbonyl (C=O) groups is 2. The van der Waals surface area contributed by atoms with Crippen molar-refractivity contribution >= 4 is 54.8 Å². The number of esters is 1. The van der Waals surface area contributed by atoms with E-state index >= 15 is 0 Å². The van der Waals surface area contributed by atoms with E-state index in [0.29, 0.717) is 24.2 Å². The van der Waals surface area contributed by atoms with Crippen molar-refractivity contribution < 1.29 is 22.7 Å². The lowest BCUT2D eigenvalue weighted by molar-refractivity contribution is -0.141. The van der Waals surface area contributed by atoms with Gasteiger partial charge in [-0.25, -0.2) is 8.42 Å². The second-order valence-electron chi connectivity index (χ2n) is 7.60. The van der Waals surface area contributed by atoms with Gasteiger partial charge in [0.25, 0.3) is 15.9 Å². The van der Waals surface area contributed by atoms with Crippen LogP contribution in [0, 0.1) is 12.8 Å². The highest BCUT2D eigenvalue weighted by atomic mass is 32.2. The van der Waals surface area contributed by atoms with Crippen LogP contribution in [0.2, 0.25) is 0 Å². The SMILES string of the molecule is COC(=O)Cn1c(=NC(=O)C2CCCN(S(=O)(=O)c3cccs3)C2)sc2cc(C)ccc21. The molecule has 1 amide bonds. The molecule has 1 unspecified atom stereocenters. The molecule has 3 aromatic rings. The van der Waals surface area contributed by atoms with E-state index in [2.05, 4.69) is 4.99 Å². The molecular weight excluding hydrogens is 470 g/mol. The number of ether oxygens (including phenoxy) is 1. The lowest BCUT2D eigenvalue weighted by Crippen LogP contribution is -2.42. The van der Waals surface area contributed by atoms with Crippen LogP contribution in [-0.2, 0) is 30.9 Å². The topological polar surface area (TPSA) is 98.0 Å². The predicted molar refractivity (Wildman–Crippen MR) is 123 cm³/mol. The maximum atomic E-state index is 13.1. The minimum atomic E-state index is -3.62. The average Bonchev–Trinajstić information content (AvgIpc) is 3.43. The van der Waals surface area contributed by atoms with E-state index in [-0.39, 0.29) is 23.2 Å². The van der Waals surface area contributed by atoms with Crippen LogP contribution in [0.15, 0.2) is 44.9 Å². The second kappa shape index (κ2) is 9.26. The molecule has 0 spiro atoms. The van der Waals surface area contributed by atoms with Crippen LogP contribution in [-0.4, -0.2) is 49.4 Å². The van der Waals surface area contributed by atoms with Crippen LogP contribution in [0.1, 0.15) is 18.4 Å². The summed E-state index contributed by atoms with van der Waals surface area (Å²) in [7, 11) is -2.30. The van der Waals surface area contributed by atoms with E-state index in [1.165, 1.54) is 34.1 Å². The van der Waals surface area contributed by atoms with Gasteiger partial charge in [-0.3, -0.25) is 9.59 Å². The Labute approximate surface area is 193 Å². The Morgan fingerprint density at radius 2 is 2.09 bits per heavy atom. The summed E-state index contributed by atoms with van der Waals surface area (Å²) >= 11 is 2.49. The number of thiophene rings is 1. The van der Waals surface area contributed by atoms with E-state index in [0.717, 1.165) is 15.8 Å². The number of benzene rings is 1. The van der Waals surface area contributed by atoms with Crippen molar-refractivity contribution in [2.24, 2.45) is 10.9 Å². The first-order valence-electron chi connectivity index (χ1n) is 10.1.